The van der Waals surface area contributed by atoms with Gasteiger partial charge < -0.3 is 5.32 Å². The van der Waals surface area contributed by atoms with Crippen LogP contribution in [-0.4, -0.2) is 35.4 Å². The Hall–Kier alpha value is -2.33. The first-order valence-electron chi connectivity index (χ1n) is 10.4. The van der Waals surface area contributed by atoms with Crippen molar-refractivity contribution in [3.63, 3.8) is 0 Å². The molecule has 2 aromatic carbocycles. The van der Waals surface area contributed by atoms with Crippen LogP contribution in [0.3, 0.4) is 0 Å². The van der Waals surface area contributed by atoms with Gasteiger partial charge in [-0.1, -0.05) is 48.4 Å². The minimum Gasteiger partial charge on any atom is -0.320 e. The van der Waals surface area contributed by atoms with E-state index in [0.29, 0.717) is 28.7 Å². The Kier molecular flexibility index (Phi) is 6.90. The first-order valence-corrected chi connectivity index (χ1v) is 13.0. The molecule has 1 aliphatic rings. The van der Waals surface area contributed by atoms with Gasteiger partial charge in [0.15, 0.2) is 0 Å². The van der Waals surface area contributed by atoms with E-state index in [2.05, 4.69) is 22.4 Å². The van der Waals surface area contributed by atoms with Gasteiger partial charge in [0.05, 0.1) is 10.9 Å². The van der Waals surface area contributed by atoms with E-state index in [4.69, 9.17) is 11.6 Å². The Morgan fingerprint density at radius 3 is 2.56 bits per heavy atom. The quantitative estimate of drug-likeness (QED) is 0.507. The highest BCUT2D eigenvalue weighted by Crippen LogP contribution is 2.37. The predicted molar refractivity (Wildman–Crippen MR) is 126 cm³/mol. The topological polar surface area (TPSA) is 92.3 Å². The van der Waals surface area contributed by atoms with Crippen molar-refractivity contribution in [2.75, 3.05) is 11.9 Å². The van der Waals surface area contributed by atoms with Crippen LogP contribution in [0.4, 0.5) is 5.69 Å². The van der Waals surface area contributed by atoms with E-state index in [-0.39, 0.29) is 9.90 Å². The van der Waals surface area contributed by atoms with E-state index >= 15 is 0 Å². The lowest BCUT2D eigenvalue weighted by molar-refractivity contribution is 0.102. The number of nitrogens with one attached hydrogen (secondary N) is 1. The maximum absolute atomic E-state index is 13.3. The highest BCUT2D eigenvalue weighted by Gasteiger charge is 2.38. The van der Waals surface area contributed by atoms with Crippen molar-refractivity contribution in [1.82, 2.24) is 14.5 Å². The maximum Gasteiger partial charge on any atom is 0.286 e. The predicted octanol–water partition coefficient (Wildman–Crippen LogP) is 4.92. The van der Waals surface area contributed by atoms with E-state index in [1.165, 1.54) is 4.31 Å². The first-order chi connectivity index (χ1) is 15.4. The fourth-order valence-corrected chi connectivity index (χ4v) is 6.45. The zero-order chi connectivity index (χ0) is 22.7. The average molecular weight is 491 g/mol. The highest BCUT2D eigenvalue weighted by atomic mass is 35.5. The standard InChI is InChI=1S/C22H23ClN4O3S2/c1-2-4-15-6-12-18(13-7-15)32(29,30)27-14-3-5-19(27)21-25-26-22(31-21)20(28)24-17-10-8-16(23)9-11-17/h6-13,19H,2-5,14H2,1H3,(H,24,28)/t19-/m1/s1. The Labute approximate surface area is 196 Å². The zero-order valence-electron chi connectivity index (χ0n) is 17.5. The van der Waals surface area contributed by atoms with E-state index in [9.17, 15) is 13.2 Å². The molecule has 1 N–H and O–H groups in total. The van der Waals surface area contributed by atoms with Crippen LogP contribution in [0, 0.1) is 0 Å². The van der Waals surface area contributed by atoms with Crippen molar-refractivity contribution in [2.24, 2.45) is 0 Å². The molecule has 4 rings (SSSR count). The summed E-state index contributed by atoms with van der Waals surface area (Å²) in [4.78, 5) is 12.8. The van der Waals surface area contributed by atoms with Crippen molar-refractivity contribution >= 4 is 44.6 Å². The normalized spacial score (nSPS) is 16.9. The molecular formula is C22H23ClN4O3S2. The van der Waals surface area contributed by atoms with Gasteiger partial charge >= 0.3 is 0 Å². The van der Waals surface area contributed by atoms with E-state index in [1.807, 2.05) is 12.1 Å². The molecular weight excluding hydrogens is 468 g/mol. The molecule has 10 heteroatoms. The maximum atomic E-state index is 13.3. The van der Waals surface area contributed by atoms with Crippen LogP contribution in [-0.2, 0) is 16.4 Å². The fraction of sp³-hybridized carbons (Fsp3) is 0.318. The van der Waals surface area contributed by atoms with Gasteiger partial charge in [0.1, 0.15) is 5.01 Å². The number of nitrogens with zero attached hydrogens (tertiary/aromatic N) is 3. The molecule has 1 amide bonds. The number of halogens is 1. The lowest BCUT2D eigenvalue weighted by Gasteiger charge is -2.22. The molecule has 2 heterocycles. The summed E-state index contributed by atoms with van der Waals surface area (Å²) in [7, 11) is -3.67. The molecule has 3 aromatic rings. The number of anilines is 1. The number of amides is 1. The molecule has 0 bridgehead atoms. The number of benzene rings is 2. The molecule has 7 nitrogen and oxygen atoms in total. The summed E-state index contributed by atoms with van der Waals surface area (Å²) < 4.78 is 28.1. The molecule has 0 radical (unpaired) electrons. The highest BCUT2D eigenvalue weighted by molar-refractivity contribution is 7.89. The lowest BCUT2D eigenvalue weighted by atomic mass is 10.1. The van der Waals surface area contributed by atoms with Crippen molar-refractivity contribution in [1.29, 1.82) is 0 Å². The van der Waals surface area contributed by atoms with Crippen LogP contribution >= 0.6 is 22.9 Å². The number of hydrogen-bond acceptors (Lipinski definition) is 6. The largest absolute Gasteiger partial charge is 0.320 e. The van der Waals surface area contributed by atoms with Crippen LogP contribution in [0.2, 0.25) is 5.02 Å². The molecule has 0 aliphatic carbocycles. The van der Waals surface area contributed by atoms with Crippen LogP contribution in [0.1, 0.15) is 52.6 Å². The van der Waals surface area contributed by atoms with Crippen LogP contribution in [0.15, 0.2) is 53.4 Å². The van der Waals surface area contributed by atoms with Gasteiger partial charge in [0.25, 0.3) is 5.91 Å². The Balaban J connectivity index is 1.51. The van der Waals surface area contributed by atoms with Gasteiger partial charge in [-0.25, -0.2) is 8.42 Å². The van der Waals surface area contributed by atoms with Gasteiger partial charge in [-0.15, -0.1) is 10.2 Å². The Morgan fingerprint density at radius 2 is 1.88 bits per heavy atom. The molecule has 1 atom stereocenters. The molecule has 1 saturated heterocycles. The minimum absolute atomic E-state index is 0.183. The number of aryl methyl sites for hydroxylation is 1. The second-order valence-electron chi connectivity index (χ2n) is 7.57. The summed E-state index contributed by atoms with van der Waals surface area (Å²) in [6.45, 7) is 2.50. The third-order valence-electron chi connectivity index (χ3n) is 5.29. The Morgan fingerprint density at radius 1 is 1.16 bits per heavy atom. The molecule has 1 aromatic heterocycles. The molecule has 0 saturated carbocycles. The summed E-state index contributed by atoms with van der Waals surface area (Å²) in [6, 6.07) is 13.4. The average Bonchev–Trinajstić information content (AvgIpc) is 3.46. The fourth-order valence-electron chi connectivity index (χ4n) is 3.71. The second kappa shape index (κ2) is 9.66. The van der Waals surface area contributed by atoms with Crippen LogP contribution in [0.25, 0.3) is 0 Å². The number of hydrogen-bond donors (Lipinski definition) is 1. The number of carbonyl (C=O) groups excluding carboxylic acids is 1. The van der Waals surface area contributed by atoms with Gasteiger partial charge in [-0.3, -0.25) is 4.79 Å². The first kappa shape index (κ1) is 22.8. The van der Waals surface area contributed by atoms with E-state index in [0.717, 1.165) is 36.2 Å². The Bertz CT molecular complexity index is 1190. The number of carbonyl (C=O) groups is 1. The zero-order valence-corrected chi connectivity index (χ0v) is 19.9. The molecule has 0 spiro atoms. The van der Waals surface area contributed by atoms with Crippen LogP contribution < -0.4 is 5.32 Å². The number of aromatic nitrogens is 2. The van der Waals surface area contributed by atoms with Gasteiger partial charge in [0, 0.05) is 17.3 Å². The van der Waals surface area contributed by atoms with E-state index in [1.54, 1.807) is 36.4 Å². The molecule has 1 aliphatic heterocycles. The van der Waals surface area contributed by atoms with Crippen molar-refractivity contribution in [3.8, 4) is 0 Å². The van der Waals surface area contributed by atoms with Crippen molar-refractivity contribution in [2.45, 2.75) is 43.5 Å². The molecule has 1 fully saturated rings. The van der Waals surface area contributed by atoms with Crippen molar-refractivity contribution in [3.05, 3.63) is 69.1 Å². The SMILES string of the molecule is CCCc1ccc(S(=O)(=O)N2CCC[C@@H]2c2nnc(C(=O)Nc3ccc(Cl)cc3)s2)cc1. The monoisotopic (exact) mass is 490 g/mol. The molecule has 32 heavy (non-hydrogen) atoms. The molecule has 168 valence electrons. The minimum atomic E-state index is -3.67. The van der Waals surface area contributed by atoms with Crippen molar-refractivity contribution < 1.29 is 13.2 Å². The summed E-state index contributed by atoms with van der Waals surface area (Å²) in [5, 5.41) is 12.2. The number of sulfonamides is 1. The van der Waals surface area contributed by atoms with Gasteiger partial charge in [0.2, 0.25) is 15.0 Å². The van der Waals surface area contributed by atoms with Gasteiger partial charge in [-0.2, -0.15) is 4.31 Å². The number of rotatable bonds is 7. The van der Waals surface area contributed by atoms with Crippen LogP contribution in [0.5, 0.6) is 0 Å². The summed E-state index contributed by atoms with van der Waals surface area (Å²) >= 11 is 6.99. The molecule has 0 unspecified atom stereocenters. The van der Waals surface area contributed by atoms with Gasteiger partial charge in [-0.05, 0) is 61.2 Å². The third-order valence-corrected chi connectivity index (χ3v) is 8.49. The summed E-state index contributed by atoms with van der Waals surface area (Å²) in [5.41, 5.74) is 1.71. The summed E-state index contributed by atoms with van der Waals surface area (Å²) in [5.74, 6) is -0.394. The third kappa shape index (κ3) is 4.85. The lowest BCUT2D eigenvalue weighted by Crippen LogP contribution is -2.30. The smallest absolute Gasteiger partial charge is 0.286 e. The summed E-state index contributed by atoms with van der Waals surface area (Å²) in [6.07, 6.45) is 3.29. The second-order valence-corrected chi connectivity index (χ2v) is 10.9. The van der Waals surface area contributed by atoms with E-state index < -0.39 is 22.0 Å².